The van der Waals surface area contributed by atoms with Gasteiger partial charge in [-0.25, -0.2) is 14.8 Å². The van der Waals surface area contributed by atoms with Gasteiger partial charge >= 0.3 is 6.03 Å². The van der Waals surface area contributed by atoms with Crippen molar-refractivity contribution in [3.63, 3.8) is 0 Å². The molecule has 0 bridgehead atoms. The van der Waals surface area contributed by atoms with E-state index in [0.29, 0.717) is 24.5 Å². The molecule has 1 aliphatic rings. The summed E-state index contributed by atoms with van der Waals surface area (Å²) in [4.78, 5) is 25.5. The Bertz CT molecular complexity index is 790. The number of hydrogen-bond acceptors (Lipinski definition) is 6. The third kappa shape index (κ3) is 4.58. The first-order chi connectivity index (χ1) is 13.1. The summed E-state index contributed by atoms with van der Waals surface area (Å²) in [6, 6.07) is 9.24. The van der Waals surface area contributed by atoms with Crippen molar-refractivity contribution in [1.82, 2.24) is 14.9 Å². The summed E-state index contributed by atoms with van der Waals surface area (Å²) in [6.07, 6.45) is 0. The Labute approximate surface area is 159 Å². The molecule has 0 unspecified atom stereocenters. The maximum absolute atomic E-state index is 12.6. The number of anilines is 3. The zero-order valence-electron chi connectivity index (χ0n) is 16.0. The van der Waals surface area contributed by atoms with Gasteiger partial charge < -0.3 is 25.2 Å². The molecular weight excluding hydrogens is 344 g/mol. The topological polar surface area (TPSA) is 82.6 Å². The number of ether oxygens (including phenoxy) is 1. The number of carbonyl (C=O) groups excluding carboxylic acids is 1. The van der Waals surface area contributed by atoms with Crippen LogP contribution in [-0.2, 0) is 0 Å². The molecule has 0 atom stereocenters. The van der Waals surface area contributed by atoms with Gasteiger partial charge in [-0.3, -0.25) is 0 Å². The first-order valence-electron chi connectivity index (χ1n) is 9.14. The standard InChI is InChI=1S/C19H26N6O2/c1-4-20-17-13-18(22-14(2)21-17)24-9-11-25(12-10-24)19(26)23-15-7-5-6-8-16(15)27-3/h5-8,13H,4,9-12H2,1-3H3,(H,23,26)(H,20,21,22). The van der Waals surface area contributed by atoms with Crippen molar-refractivity contribution in [2.45, 2.75) is 13.8 Å². The van der Waals surface area contributed by atoms with Crippen LogP contribution in [0.3, 0.4) is 0 Å². The number of urea groups is 1. The van der Waals surface area contributed by atoms with Gasteiger partial charge in [-0.1, -0.05) is 12.1 Å². The van der Waals surface area contributed by atoms with E-state index in [2.05, 4.69) is 25.5 Å². The highest BCUT2D eigenvalue weighted by molar-refractivity contribution is 5.91. The summed E-state index contributed by atoms with van der Waals surface area (Å²) in [6.45, 7) is 7.44. The third-order valence-electron chi connectivity index (χ3n) is 4.42. The van der Waals surface area contributed by atoms with Gasteiger partial charge in [-0.2, -0.15) is 0 Å². The SMILES string of the molecule is CCNc1cc(N2CCN(C(=O)Nc3ccccc3OC)CC2)nc(C)n1. The maximum atomic E-state index is 12.6. The van der Waals surface area contributed by atoms with Crippen LogP contribution in [0.1, 0.15) is 12.7 Å². The van der Waals surface area contributed by atoms with Crippen LogP contribution in [-0.4, -0.2) is 60.7 Å². The molecule has 1 saturated heterocycles. The Hall–Kier alpha value is -3.03. The molecule has 0 spiro atoms. The largest absolute Gasteiger partial charge is 0.495 e. The van der Waals surface area contributed by atoms with Crippen molar-refractivity contribution in [3.05, 3.63) is 36.2 Å². The zero-order valence-corrected chi connectivity index (χ0v) is 16.0. The van der Waals surface area contributed by atoms with Crippen LogP contribution in [0.15, 0.2) is 30.3 Å². The predicted molar refractivity (Wildman–Crippen MR) is 107 cm³/mol. The van der Waals surface area contributed by atoms with Crippen LogP contribution in [0.5, 0.6) is 5.75 Å². The molecule has 27 heavy (non-hydrogen) atoms. The maximum Gasteiger partial charge on any atom is 0.322 e. The number of rotatable bonds is 5. The van der Waals surface area contributed by atoms with Crippen molar-refractivity contribution >= 4 is 23.4 Å². The molecular formula is C19H26N6O2. The minimum atomic E-state index is -0.119. The predicted octanol–water partition coefficient (Wildman–Crippen LogP) is 2.58. The molecule has 3 rings (SSSR count). The number of aromatic nitrogens is 2. The number of nitrogens with zero attached hydrogens (tertiary/aromatic N) is 4. The molecule has 2 amide bonds. The van der Waals surface area contributed by atoms with Crippen LogP contribution in [0, 0.1) is 6.92 Å². The molecule has 8 heteroatoms. The summed E-state index contributed by atoms with van der Waals surface area (Å²) in [5, 5.41) is 6.16. The van der Waals surface area contributed by atoms with Gasteiger partial charge in [0.05, 0.1) is 12.8 Å². The van der Waals surface area contributed by atoms with Crippen molar-refractivity contribution < 1.29 is 9.53 Å². The molecule has 2 heterocycles. The molecule has 1 aliphatic heterocycles. The number of para-hydroxylation sites is 2. The van der Waals surface area contributed by atoms with Crippen LogP contribution in [0.25, 0.3) is 0 Å². The Morgan fingerprint density at radius 3 is 2.63 bits per heavy atom. The van der Waals surface area contributed by atoms with Crippen molar-refractivity contribution in [2.24, 2.45) is 0 Å². The summed E-state index contributed by atoms with van der Waals surface area (Å²) in [5.74, 6) is 3.11. The van der Waals surface area contributed by atoms with Gasteiger partial charge in [0.25, 0.3) is 0 Å². The fourth-order valence-corrected chi connectivity index (χ4v) is 3.07. The quantitative estimate of drug-likeness (QED) is 0.842. The van der Waals surface area contributed by atoms with Crippen LogP contribution < -0.4 is 20.3 Å². The first-order valence-corrected chi connectivity index (χ1v) is 9.14. The van der Waals surface area contributed by atoms with Crippen LogP contribution in [0.2, 0.25) is 0 Å². The second-order valence-electron chi connectivity index (χ2n) is 6.29. The number of carbonyl (C=O) groups is 1. The molecule has 0 saturated carbocycles. The fraction of sp³-hybridized carbons (Fsp3) is 0.421. The Morgan fingerprint density at radius 2 is 1.93 bits per heavy atom. The fourth-order valence-electron chi connectivity index (χ4n) is 3.07. The number of hydrogen-bond donors (Lipinski definition) is 2. The lowest BCUT2D eigenvalue weighted by atomic mass is 10.3. The second kappa shape index (κ2) is 8.57. The van der Waals surface area contributed by atoms with E-state index >= 15 is 0 Å². The molecule has 144 valence electrons. The number of benzene rings is 1. The van der Waals surface area contributed by atoms with E-state index in [1.807, 2.05) is 49.1 Å². The highest BCUT2D eigenvalue weighted by Gasteiger charge is 2.23. The molecule has 2 N–H and O–H groups in total. The molecule has 2 aromatic rings. The van der Waals surface area contributed by atoms with Gasteiger partial charge in [0.2, 0.25) is 0 Å². The van der Waals surface area contributed by atoms with E-state index in [9.17, 15) is 4.79 Å². The van der Waals surface area contributed by atoms with Gasteiger partial charge in [0, 0.05) is 38.8 Å². The number of aryl methyl sites for hydroxylation is 1. The van der Waals surface area contributed by atoms with E-state index in [-0.39, 0.29) is 6.03 Å². The second-order valence-corrected chi connectivity index (χ2v) is 6.29. The average molecular weight is 370 g/mol. The molecule has 1 aromatic carbocycles. The first kappa shape index (κ1) is 18.8. The molecule has 1 fully saturated rings. The summed E-state index contributed by atoms with van der Waals surface area (Å²) in [7, 11) is 1.59. The summed E-state index contributed by atoms with van der Waals surface area (Å²) >= 11 is 0. The third-order valence-corrected chi connectivity index (χ3v) is 4.42. The number of nitrogens with one attached hydrogen (secondary N) is 2. The van der Waals surface area contributed by atoms with Crippen LogP contribution in [0.4, 0.5) is 22.1 Å². The lowest BCUT2D eigenvalue weighted by Crippen LogP contribution is -2.50. The van der Waals surface area contributed by atoms with Gasteiger partial charge in [-0.05, 0) is 26.0 Å². The normalized spacial score (nSPS) is 14.0. The highest BCUT2D eigenvalue weighted by atomic mass is 16.5. The van der Waals surface area contributed by atoms with E-state index in [0.717, 1.165) is 37.1 Å². The molecule has 0 aliphatic carbocycles. The molecule has 8 nitrogen and oxygen atoms in total. The van der Waals surface area contributed by atoms with Crippen molar-refractivity contribution in [3.8, 4) is 5.75 Å². The minimum absolute atomic E-state index is 0.119. The Balaban J connectivity index is 1.61. The monoisotopic (exact) mass is 370 g/mol. The van der Waals surface area contributed by atoms with E-state index in [1.54, 1.807) is 7.11 Å². The minimum Gasteiger partial charge on any atom is -0.495 e. The lowest BCUT2D eigenvalue weighted by Gasteiger charge is -2.35. The summed E-state index contributed by atoms with van der Waals surface area (Å²) < 4.78 is 5.29. The van der Waals surface area contributed by atoms with Gasteiger partial charge in [0.15, 0.2) is 0 Å². The van der Waals surface area contributed by atoms with Gasteiger partial charge in [0.1, 0.15) is 23.2 Å². The van der Waals surface area contributed by atoms with Gasteiger partial charge in [-0.15, -0.1) is 0 Å². The lowest BCUT2D eigenvalue weighted by molar-refractivity contribution is 0.208. The zero-order chi connectivity index (χ0) is 19.2. The average Bonchev–Trinajstić information content (AvgIpc) is 2.68. The highest BCUT2D eigenvalue weighted by Crippen LogP contribution is 2.24. The Morgan fingerprint density at radius 1 is 1.19 bits per heavy atom. The van der Waals surface area contributed by atoms with Crippen LogP contribution >= 0.6 is 0 Å². The number of piperazine rings is 1. The van der Waals surface area contributed by atoms with Crippen molar-refractivity contribution in [2.75, 3.05) is 55.4 Å². The number of amides is 2. The molecule has 1 aromatic heterocycles. The number of methoxy groups -OCH3 is 1. The van der Waals surface area contributed by atoms with E-state index < -0.39 is 0 Å². The van der Waals surface area contributed by atoms with Crippen molar-refractivity contribution in [1.29, 1.82) is 0 Å². The van der Waals surface area contributed by atoms with E-state index in [1.165, 1.54) is 0 Å². The molecule has 0 radical (unpaired) electrons. The smallest absolute Gasteiger partial charge is 0.322 e. The Kier molecular flexibility index (Phi) is 5.95. The summed E-state index contributed by atoms with van der Waals surface area (Å²) in [5.41, 5.74) is 0.675. The van der Waals surface area contributed by atoms with E-state index in [4.69, 9.17) is 4.74 Å².